The molecular formula is C11H16N2O. The molecule has 0 atom stereocenters. The van der Waals surface area contributed by atoms with Crippen LogP contribution in [-0.4, -0.2) is 13.0 Å². The molecule has 0 aliphatic rings. The Kier molecular flexibility index (Phi) is 3.51. The lowest BCUT2D eigenvalue weighted by Gasteiger charge is -2.09. The van der Waals surface area contributed by atoms with Crippen LogP contribution < -0.4 is 10.6 Å². The Hall–Kier alpha value is -1.51. The largest absolute Gasteiger partial charge is 0.388 e. The van der Waals surface area contributed by atoms with Crippen LogP contribution in [0.2, 0.25) is 0 Å². The van der Waals surface area contributed by atoms with Crippen LogP contribution in [0.4, 0.5) is 11.4 Å². The highest BCUT2D eigenvalue weighted by Crippen LogP contribution is 2.19. The van der Waals surface area contributed by atoms with E-state index in [-0.39, 0.29) is 5.91 Å². The van der Waals surface area contributed by atoms with E-state index in [0.717, 1.165) is 16.9 Å². The van der Waals surface area contributed by atoms with Gasteiger partial charge in [-0.05, 0) is 30.7 Å². The first-order valence-corrected chi connectivity index (χ1v) is 4.75. The number of benzene rings is 1. The van der Waals surface area contributed by atoms with Crippen LogP contribution in [0.15, 0.2) is 18.2 Å². The van der Waals surface area contributed by atoms with Crippen molar-refractivity contribution in [2.24, 2.45) is 0 Å². The monoisotopic (exact) mass is 192 g/mol. The van der Waals surface area contributed by atoms with Crippen molar-refractivity contribution >= 4 is 17.3 Å². The van der Waals surface area contributed by atoms with Crippen molar-refractivity contribution in [2.75, 3.05) is 17.7 Å². The first-order valence-electron chi connectivity index (χ1n) is 4.75. The number of hydrogen-bond acceptors (Lipinski definition) is 2. The molecule has 1 amide bonds. The van der Waals surface area contributed by atoms with Crippen LogP contribution in [0.5, 0.6) is 0 Å². The summed E-state index contributed by atoms with van der Waals surface area (Å²) in [6.07, 6.45) is 0.507. The first kappa shape index (κ1) is 10.6. The number of carbonyl (C=O) groups excluding carboxylic acids is 1. The second-order valence-corrected chi connectivity index (χ2v) is 3.18. The third-order valence-corrected chi connectivity index (χ3v) is 2.11. The van der Waals surface area contributed by atoms with E-state index in [1.165, 1.54) is 0 Å². The van der Waals surface area contributed by atoms with E-state index in [1.54, 1.807) is 0 Å². The van der Waals surface area contributed by atoms with E-state index in [4.69, 9.17) is 0 Å². The van der Waals surface area contributed by atoms with Crippen molar-refractivity contribution in [1.29, 1.82) is 0 Å². The van der Waals surface area contributed by atoms with Gasteiger partial charge in [-0.2, -0.15) is 0 Å². The summed E-state index contributed by atoms with van der Waals surface area (Å²) in [6, 6.07) is 5.86. The quantitative estimate of drug-likeness (QED) is 0.772. The van der Waals surface area contributed by atoms with Crippen molar-refractivity contribution in [1.82, 2.24) is 0 Å². The highest BCUT2D eigenvalue weighted by Gasteiger charge is 2.02. The van der Waals surface area contributed by atoms with E-state index in [0.29, 0.717) is 6.42 Å². The second-order valence-electron chi connectivity index (χ2n) is 3.18. The fraction of sp³-hybridized carbons (Fsp3) is 0.364. The van der Waals surface area contributed by atoms with E-state index in [1.807, 2.05) is 39.1 Å². The number of rotatable bonds is 3. The molecule has 1 aromatic rings. The Morgan fingerprint density at radius 2 is 2.14 bits per heavy atom. The fourth-order valence-electron chi connectivity index (χ4n) is 1.20. The fourth-order valence-corrected chi connectivity index (χ4v) is 1.20. The lowest BCUT2D eigenvalue weighted by Crippen LogP contribution is -2.10. The van der Waals surface area contributed by atoms with Crippen LogP contribution in [0, 0.1) is 6.92 Å². The molecule has 0 heterocycles. The standard InChI is InChI=1S/C11H16N2O/c1-4-11(14)13-10-6-5-9(12-3)7-8(10)2/h5-7,12H,4H2,1-3H3,(H,13,14). The van der Waals surface area contributed by atoms with Gasteiger partial charge < -0.3 is 10.6 Å². The van der Waals surface area contributed by atoms with Crippen LogP contribution in [0.25, 0.3) is 0 Å². The molecule has 0 spiro atoms. The maximum Gasteiger partial charge on any atom is 0.224 e. The number of carbonyl (C=O) groups is 1. The number of nitrogens with one attached hydrogen (secondary N) is 2. The molecule has 0 unspecified atom stereocenters. The van der Waals surface area contributed by atoms with Crippen LogP contribution in [0.1, 0.15) is 18.9 Å². The molecule has 0 aliphatic carbocycles. The molecule has 0 saturated heterocycles. The molecular weight excluding hydrogens is 176 g/mol. The van der Waals surface area contributed by atoms with E-state index in [2.05, 4.69) is 10.6 Å². The summed E-state index contributed by atoms with van der Waals surface area (Å²) in [7, 11) is 1.87. The number of amides is 1. The zero-order chi connectivity index (χ0) is 10.6. The Morgan fingerprint density at radius 3 is 2.64 bits per heavy atom. The zero-order valence-electron chi connectivity index (χ0n) is 8.85. The Labute approximate surface area is 84.5 Å². The lowest BCUT2D eigenvalue weighted by molar-refractivity contribution is -0.115. The summed E-state index contributed by atoms with van der Waals surface area (Å²) in [4.78, 5) is 11.2. The average Bonchev–Trinajstić information content (AvgIpc) is 2.20. The summed E-state index contributed by atoms with van der Waals surface area (Å²) in [5.74, 6) is 0.0466. The Balaban J connectivity index is 2.83. The normalized spacial score (nSPS) is 9.64. The molecule has 0 aromatic heterocycles. The summed E-state index contributed by atoms with van der Waals surface area (Å²) < 4.78 is 0. The summed E-state index contributed by atoms with van der Waals surface area (Å²) in [5, 5.41) is 5.89. The minimum atomic E-state index is 0.0466. The SMILES string of the molecule is CCC(=O)Nc1ccc(NC)cc1C. The Bertz CT molecular complexity index is 334. The van der Waals surface area contributed by atoms with Gasteiger partial charge in [0.1, 0.15) is 0 Å². The molecule has 0 radical (unpaired) electrons. The maximum absolute atomic E-state index is 11.2. The van der Waals surface area contributed by atoms with Gasteiger partial charge in [-0.15, -0.1) is 0 Å². The Morgan fingerprint density at radius 1 is 1.43 bits per heavy atom. The predicted octanol–water partition coefficient (Wildman–Crippen LogP) is 2.39. The smallest absolute Gasteiger partial charge is 0.224 e. The molecule has 1 aromatic carbocycles. The van der Waals surface area contributed by atoms with Crippen LogP contribution >= 0.6 is 0 Å². The predicted molar refractivity (Wildman–Crippen MR) is 59.6 cm³/mol. The van der Waals surface area contributed by atoms with E-state index in [9.17, 15) is 4.79 Å². The van der Waals surface area contributed by atoms with Gasteiger partial charge in [-0.25, -0.2) is 0 Å². The second kappa shape index (κ2) is 4.65. The molecule has 3 nitrogen and oxygen atoms in total. The molecule has 0 fully saturated rings. The van der Waals surface area contributed by atoms with Gasteiger partial charge in [0, 0.05) is 24.8 Å². The van der Waals surface area contributed by atoms with Gasteiger partial charge in [-0.3, -0.25) is 4.79 Å². The third-order valence-electron chi connectivity index (χ3n) is 2.11. The molecule has 0 bridgehead atoms. The summed E-state index contributed by atoms with van der Waals surface area (Å²) in [5.41, 5.74) is 3.01. The number of aryl methyl sites for hydroxylation is 1. The lowest BCUT2D eigenvalue weighted by atomic mass is 10.1. The van der Waals surface area contributed by atoms with Crippen LogP contribution in [0.3, 0.4) is 0 Å². The number of hydrogen-bond donors (Lipinski definition) is 2. The van der Waals surface area contributed by atoms with Gasteiger partial charge in [0.15, 0.2) is 0 Å². The van der Waals surface area contributed by atoms with Crippen molar-refractivity contribution < 1.29 is 4.79 Å². The van der Waals surface area contributed by atoms with Crippen molar-refractivity contribution in [3.8, 4) is 0 Å². The minimum absolute atomic E-state index is 0.0466. The average molecular weight is 192 g/mol. The molecule has 3 heteroatoms. The zero-order valence-corrected chi connectivity index (χ0v) is 8.85. The topological polar surface area (TPSA) is 41.1 Å². The number of anilines is 2. The van der Waals surface area contributed by atoms with Gasteiger partial charge >= 0.3 is 0 Å². The molecule has 1 rings (SSSR count). The van der Waals surface area contributed by atoms with Gasteiger partial charge in [0.05, 0.1) is 0 Å². The van der Waals surface area contributed by atoms with E-state index < -0.39 is 0 Å². The van der Waals surface area contributed by atoms with Crippen LogP contribution in [-0.2, 0) is 4.79 Å². The van der Waals surface area contributed by atoms with Crippen molar-refractivity contribution in [3.63, 3.8) is 0 Å². The highest BCUT2D eigenvalue weighted by atomic mass is 16.1. The van der Waals surface area contributed by atoms with Gasteiger partial charge in [0.2, 0.25) is 5.91 Å². The third kappa shape index (κ3) is 2.49. The molecule has 0 saturated carbocycles. The maximum atomic E-state index is 11.2. The minimum Gasteiger partial charge on any atom is -0.388 e. The first-order chi connectivity index (χ1) is 6.67. The van der Waals surface area contributed by atoms with E-state index >= 15 is 0 Å². The summed E-state index contributed by atoms with van der Waals surface area (Å²) >= 11 is 0. The highest BCUT2D eigenvalue weighted by molar-refractivity contribution is 5.91. The van der Waals surface area contributed by atoms with Gasteiger partial charge in [-0.1, -0.05) is 6.92 Å². The molecule has 14 heavy (non-hydrogen) atoms. The molecule has 2 N–H and O–H groups in total. The van der Waals surface area contributed by atoms with Crippen molar-refractivity contribution in [2.45, 2.75) is 20.3 Å². The van der Waals surface area contributed by atoms with Gasteiger partial charge in [0.25, 0.3) is 0 Å². The summed E-state index contributed by atoms with van der Waals surface area (Å²) in [6.45, 7) is 3.82. The molecule has 76 valence electrons. The van der Waals surface area contributed by atoms with Crippen molar-refractivity contribution in [3.05, 3.63) is 23.8 Å². The molecule has 0 aliphatic heterocycles.